The molecule has 0 spiro atoms. The van der Waals surface area contributed by atoms with Crippen molar-refractivity contribution in [1.82, 2.24) is 0 Å². The van der Waals surface area contributed by atoms with E-state index < -0.39 is 6.29 Å². The summed E-state index contributed by atoms with van der Waals surface area (Å²) in [6, 6.07) is 4.34. The van der Waals surface area contributed by atoms with Gasteiger partial charge in [-0.25, -0.2) is 0 Å². The number of rotatable bonds is 1. The van der Waals surface area contributed by atoms with Crippen LogP contribution in [0.5, 0.6) is 0 Å². The van der Waals surface area contributed by atoms with Crippen LogP contribution in [0.15, 0.2) is 12.1 Å². The SMILES string of the molecule is Cc1cc(C2CCC(O)O2)cc(C)c1C. The minimum absolute atomic E-state index is 0.0815. The molecule has 1 aromatic carbocycles. The molecule has 82 valence electrons. The lowest BCUT2D eigenvalue weighted by molar-refractivity contribution is -0.0914. The number of hydrogen-bond acceptors (Lipinski definition) is 2. The molecular formula is C13H18O2. The third-order valence-electron chi connectivity index (χ3n) is 3.32. The Kier molecular flexibility index (Phi) is 2.81. The van der Waals surface area contributed by atoms with Crippen LogP contribution in [0.3, 0.4) is 0 Å². The van der Waals surface area contributed by atoms with Gasteiger partial charge in [-0.1, -0.05) is 12.1 Å². The van der Waals surface area contributed by atoms with Gasteiger partial charge < -0.3 is 9.84 Å². The molecule has 0 bridgehead atoms. The van der Waals surface area contributed by atoms with Crippen LogP contribution >= 0.6 is 0 Å². The minimum Gasteiger partial charge on any atom is -0.368 e. The molecule has 0 amide bonds. The molecule has 0 radical (unpaired) electrons. The fourth-order valence-corrected chi connectivity index (χ4v) is 2.12. The van der Waals surface area contributed by atoms with E-state index in [0.717, 1.165) is 12.8 Å². The number of benzene rings is 1. The second-order valence-corrected chi connectivity index (χ2v) is 4.44. The van der Waals surface area contributed by atoms with Gasteiger partial charge >= 0.3 is 0 Å². The van der Waals surface area contributed by atoms with E-state index >= 15 is 0 Å². The molecule has 1 aliphatic heterocycles. The van der Waals surface area contributed by atoms with E-state index in [-0.39, 0.29) is 6.10 Å². The van der Waals surface area contributed by atoms with E-state index in [4.69, 9.17) is 4.74 Å². The first-order valence-corrected chi connectivity index (χ1v) is 5.49. The van der Waals surface area contributed by atoms with E-state index in [1.807, 2.05) is 0 Å². The van der Waals surface area contributed by atoms with Gasteiger partial charge in [0.15, 0.2) is 6.29 Å². The third-order valence-corrected chi connectivity index (χ3v) is 3.32. The maximum absolute atomic E-state index is 9.33. The van der Waals surface area contributed by atoms with E-state index in [1.54, 1.807) is 0 Å². The van der Waals surface area contributed by atoms with Crippen molar-refractivity contribution in [2.45, 2.75) is 46.0 Å². The lowest BCUT2D eigenvalue weighted by atomic mass is 9.97. The van der Waals surface area contributed by atoms with Gasteiger partial charge in [0.2, 0.25) is 0 Å². The summed E-state index contributed by atoms with van der Waals surface area (Å²) in [5.41, 5.74) is 5.15. The first-order valence-electron chi connectivity index (χ1n) is 5.49. The highest BCUT2D eigenvalue weighted by molar-refractivity contribution is 5.37. The molecule has 0 aromatic heterocycles. The standard InChI is InChI=1S/C13H18O2/c1-8-6-11(7-9(2)10(8)3)12-4-5-13(14)15-12/h6-7,12-14H,4-5H2,1-3H3. The lowest BCUT2D eigenvalue weighted by Gasteiger charge is -2.14. The first kappa shape index (κ1) is 10.7. The highest BCUT2D eigenvalue weighted by Gasteiger charge is 2.25. The summed E-state index contributed by atoms with van der Waals surface area (Å²) in [6.45, 7) is 6.38. The first-order chi connectivity index (χ1) is 7.08. The normalized spacial score (nSPS) is 25.9. The van der Waals surface area contributed by atoms with Crippen LogP contribution in [0, 0.1) is 20.8 Å². The molecule has 1 aliphatic rings. The Balaban J connectivity index is 2.29. The van der Waals surface area contributed by atoms with Crippen molar-refractivity contribution in [1.29, 1.82) is 0 Å². The smallest absolute Gasteiger partial charge is 0.155 e. The third kappa shape index (κ3) is 2.06. The predicted molar refractivity (Wildman–Crippen MR) is 59.7 cm³/mol. The molecule has 2 unspecified atom stereocenters. The van der Waals surface area contributed by atoms with Crippen LogP contribution in [-0.2, 0) is 4.74 Å². The largest absolute Gasteiger partial charge is 0.368 e. The fraction of sp³-hybridized carbons (Fsp3) is 0.538. The van der Waals surface area contributed by atoms with Crippen molar-refractivity contribution in [2.24, 2.45) is 0 Å². The second-order valence-electron chi connectivity index (χ2n) is 4.44. The summed E-state index contributed by atoms with van der Waals surface area (Å²) in [7, 11) is 0. The summed E-state index contributed by atoms with van der Waals surface area (Å²) in [5, 5.41) is 9.33. The molecule has 1 fully saturated rings. The van der Waals surface area contributed by atoms with Crippen LogP contribution in [0.1, 0.15) is 41.2 Å². The van der Waals surface area contributed by atoms with Crippen LogP contribution in [0.2, 0.25) is 0 Å². The van der Waals surface area contributed by atoms with Crippen molar-refractivity contribution in [3.8, 4) is 0 Å². The van der Waals surface area contributed by atoms with Gasteiger partial charge in [0, 0.05) is 6.42 Å². The topological polar surface area (TPSA) is 29.5 Å². The molecule has 1 heterocycles. The number of aliphatic hydroxyl groups excluding tert-OH is 1. The Morgan fingerprint density at radius 1 is 1.13 bits per heavy atom. The van der Waals surface area contributed by atoms with Crippen molar-refractivity contribution >= 4 is 0 Å². The van der Waals surface area contributed by atoms with Crippen LogP contribution in [-0.4, -0.2) is 11.4 Å². The summed E-state index contributed by atoms with van der Waals surface area (Å²) in [5.74, 6) is 0. The molecular weight excluding hydrogens is 188 g/mol. The second kappa shape index (κ2) is 3.95. The minimum atomic E-state index is -0.572. The Labute approximate surface area is 90.9 Å². The maximum atomic E-state index is 9.33. The summed E-state index contributed by atoms with van der Waals surface area (Å²) >= 11 is 0. The van der Waals surface area contributed by atoms with Gasteiger partial charge in [0.05, 0.1) is 6.10 Å². The lowest BCUT2D eigenvalue weighted by Crippen LogP contribution is -2.05. The zero-order valence-electron chi connectivity index (χ0n) is 9.58. The van der Waals surface area contributed by atoms with Gasteiger partial charge in [-0.05, 0) is 49.4 Å². The molecule has 0 aliphatic carbocycles. The summed E-state index contributed by atoms with van der Waals surface area (Å²) < 4.78 is 5.45. The zero-order valence-corrected chi connectivity index (χ0v) is 9.58. The van der Waals surface area contributed by atoms with Crippen molar-refractivity contribution < 1.29 is 9.84 Å². The van der Waals surface area contributed by atoms with Crippen LogP contribution in [0.25, 0.3) is 0 Å². The Hall–Kier alpha value is -0.860. The number of aliphatic hydroxyl groups is 1. The van der Waals surface area contributed by atoms with Crippen molar-refractivity contribution in [2.75, 3.05) is 0 Å². The molecule has 2 heteroatoms. The molecule has 2 atom stereocenters. The predicted octanol–water partition coefficient (Wildman–Crippen LogP) is 2.78. The van der Waals surface area contributed by atoms with Crippen LogP contribution in [0.4, 0.5) is 0 Å². The monoisotopic (exact) mass is 206 g/mol. The average Bonchev–Trinajstić information content (AvgIpc) is 2.60. The zero-order chi connectivity index (χ0) is 11.0. The summed E-state index contributed by atoms with van der Waals surface area (Å²) in [4.78, 5) is 0. The van der Waals surface area contributed by atoms with Gasteiger partial charge in [-0.15, -0.1) is 0 Å². The molecule has 1 N–H and O–H groups in total. The van der Waals surface area contributed by atoms with E-state index in [9.17, 15) is 5.11 Å². The number of ether oxygens (including phenoxy) is 1. The highest BCUT2D eigenvalue weighted by Crippen LogP contribution is 2.33. The molecule has 0 saturated carbocycles. The molecule has 1 saturated heterocycles. The number of hydrogen-bond donors (Lipinski definition) is 1. The van der Waals surface area contributed by atoms with Gasteiger partial charge in [0.1, 0.15) is 0 Å². The van der Waals surface area contributed by atoms with Crippen molar-refractivity contribution in [3.63, 3.8) is 0 Å². The Morgan fingerprint density at radius 3 is 2.20 bits per heavy atom. The van der Waals surface area contributed by atoms with E-state index in [0.29, 0.717) is 0 Å². The average molecular weight is 206 g/mol. The van der Waals surface area contributed by atoms with E-state index in [1.165, 1.54) is 22.3 Å². The van der Waals surface area contributed by atoms with Gasteiger partial charge in [-0.3, -0.25) is 0 Å². The molecule has 2 rings (SSSR count). The highest BCUT2D eigenvalue weighted by atomic mass is 16.6. The number of aryl methyl sites for hydroxylation is 2. The molecule has 15 heavy (non-hydrogen) atoms. The summed E-state index contributed by atoms with van der Waals surface area (Å²) in [6.07, 6.45) is 1.18. The fourth-order valence-electron chi connectivity index (χ4n) is 2.12. The van der Waals surface area contributed by atoms with E-state index in [2.05, 4.69) is 32.9 Å². The van der Waals surface area contributed by atoms with Crippen molar-refractivity contribution in [3.05, 3.63) is 34.4 Å². The molecule has 1 aromatic rings. The van der Waals surface area contributed by atoms with Gasteiger partial charge in [0.25, 0.3) is 0 Å². The quantitative estimate of drug-likeness (QED) is 0.765. The Morgan fingerprint density at radius 2 is 1.73 bits per heavy atom. The van der Waals surface area contributed by atoms with Gasteiger partial charge in [-0.2, -0.15) is 0 Å². The molecule has 2 nitrogen and oxygen atoms in total. The van der Waals surface area contributed by atoms with Crippen LogP contribution < -0.4 is 0 Å². The maximum Gasteiger partial charge on any atom is 0.155 e. The Bertz CT molecular complexity index is 348.